The Kier molecular flexibility index (Phi) is 3.90. The molecule has 84 valence electrons. The molecule has 2 aromatic carbocycles. The van der Waals surface area contributed by atoms with Crippen LogP contribution in [-0.2, 0) is 6.54 Å². The summed E-state index contributed by atoms with van der Waals surface area (Å²) >= 11 is 0. The fraction of sp³-hybridized carbons (Fsp3) is 0.133. The lowest BCUT2D eigenvalue weighted by Crippen LogP contribution is -2.28. The standard InChI is InChI=1S/C15H14N2/c16-11-15(14-9-5-2-6-10-14)17-12-13-7-3-1-4-8-13/h1-10,15,17H,12H2/p+1/t15-/m0/s1. The summed E-state index contributed by atoms with van der Waals surface area (Å²) in [6.45, 7) is 0.742. The van der Waals surface area contributed by atoms with Crippen molar-refractivity contribution in [1.82, 2.24) is 5.32 Å². The van der Waals surface area contributed by atoms with Crippen LogP contribution in [-0.4, -0.2) is 0 Å². The molecule has 1 atom stereocenters. The monoisotopic (exact) mass is 223 g/mol. The molecule has 2 nitrogen and oxygen atoms in total. The van der Waals surface area contributed by atoms with Crippen LogP contribution in [0.5, 0.6) is 0 Å². The van der Waals surface area contributed by atoms with Gasteiger partial charge in [-0.3, -0.25) is 5.32 Å². The molecule has 0 spiro atoms. The molecule has 0 saturated carbocycles. The van der Waals surface area contributed by atoms with Gasteiger partial charge in [0.1, 0.15) is 0 Å². The van der Waals surface area contributed by atoms with Gasteiger partial charge in [0, 0.05) is 6.54 Å². The molecular weight excluding hydrogens is 208 g/mol. The first-order chi connectivity index (χ1) is 8.40. The second kappa shape index (κ2) is 5.83. The van der Waals surface area contributed by atoms with Crippen LogP contribution in [0.3, 0.4) is 0 Å². The van der Waals surface area contributed by atoms with Crippen molar-refractivity contribution in [1.29, 1.82) is 0 Å². The maximum atomic E-state index is 7.35. The van der Waals surface area contributed by atoms with Crippen LogP contribution in [0.4, 0.5) is 0 Å². The first-order valence-electron chi connectivity index (χ1n) is 5.64. The summed E-state index contributed by atoms with van der Waals surface area (Å²) in [5.41, 5.74) is 2.28. The van der Waals surface area contributed by atoms with Crippen LogP contribution >= 0.6 is 0 Å². The highest BCUT2D eigenvalue weighted by Gasteiger charge is 2.12. The Hall–Kier alpha value is -2.11. The molecule has 17 heavy (non-hydrogen) atoms. The average molecular weight is 223 g/mol. The number of benzene rings is 2. The van der Waals surface area contributed by atoms with Gasteiger partial charge in [-0.25, -0.2) is 0 Å². The van der Waals surface area contributed by atoms with E-state index in [1.807, 2.05) is 48.5 Å². The lowest BCUT2D eigenvalue weighted by atomic mass is 10.1. The Labute approximate surface area is 102 Å². The SMILES string of the molecule is [NH+]#C[C@H](NCc1ccccc1)c1ccccc1. The summed E-state index contributed by atoms with van der Waals surface area (Å²) in [6.07, 6.45) is 0. The van der Waals surface area contributed by atoms with Gasteiger partial charge in [0.05, 0.1) is 0 Å². The minimum Gasteiger partial charge on any atom is -0.290 e. The van der Waals surface area contributed by atoms with Gasteiger partial charge in [-0.15, -0.1) is 0 Å². The molecule has 0 aliphatic carbocycles. The Bertz CT molecular complexity index is 485. The van der Waals surface area contributed by atoms with Gasteiger partial charge in [0.25, 0.3) is 6.07 Å². The highest BCUT2D eigenvalue weighted by Crippen LogP contribution is 2.11. The first kappa shape index (κ1) is 11.4. The molecule has 0 bridgehead atoms. The Morgan fingerprint density at radius 3 is 2.12 bits per heavy atom. The molecule has 0 radical (unpaired) electrons. The maximum absolute atomic E-state index is 7.35. The van der Waals surface area contributed by atoms with Gasteiger partial charge in [-0.05, 0) is 11.1 Å². The van der Waals surface area contributed by atoms with E-state index >= 15 is 0 Å². The summed E-state index contributed by atoms with van der Waals surface area (Å²) < 4.78 is 0. The second-order valence-corrected chi connectivity index (χ2v) is 3.85. The van der Waals surface area contributed by atoms with E-state index in [0.717, 1.165) is 12.1 Å². The van der Waals surface area contributed by atoms with Crippen molar-refractivity contribution in [3.63, 3.8) is 0 Å². The van der Waals surface area contributed by atoms with Crippen LogP contribution in [0, 0.1) is 6.07 Å². The molecule has 0 saturated heterocycles. The third-order valence-corrected chi connectivity index (χ3v) is 2.63. The van der Waals surface area contributed by atoms with Gasteiger partial charge in [0.2, 0.25) is 0 Å². The molecule has 0 aliphatic rings. The average Bonchev–Trinajstić information content (AvgIpc) is 2.42. The number of rotatable bonds is 4. The van der Waals surface area contributed by atoms with Crippen molar-refractivity contribution in [2.75, 3.05) is 0 Å². The van der Waals surface area contributed by atoms with Crippen LogP contribution in [0.2, 0.25) is 0 Å². The molecule has 0 aliphatic heterocycles. The summed E-state index contributed by atoms with van der Waals surface area (Å²) in [7, 11) is 0. The minimum absolute atomic E-state index is 0.142. The Morgan fingerprint density at radius 2 is 1.53 bits per heavy atom. The van der Waals surface area contributed by atoms with Gasteiger partial charge in [-0.2, -0.15) is 0 Å². The maximum Gasteiger partial charge on any atom is 0.294 e. The molecule has 0 aromatic heterocycles. The largest absolute Gasteiger partial charge is 0.294 e. The summed E-state index contributed by atoms with van der Waals surface area (Å²) in [6, 6.07) is 22.5. The van der Waals surface area contributed by atoms with Crippen LogP contribution in [0.1, 0.15) is 17.2 Å². The van der Waals surface area contributed by atoms with Crippen molar-refractivity contribution in [3.05, 3.63) is 71.8 Å². The molecule has 2 N–H and O–H groups in total. The Morgan fingerprint density at radius 1 is 0.941 bits per heavy atom. The third-order valence-electron chi connectivity index (χ3n) is 2.63. The van der Waals surface area contributed by atoms with E-state index in [2.05, 4.69) is 23.5 Å². The lowest BCUT2D eigenvalue weighted by Gasteiger charge is -2.09. The molecule has 0 amide bonds. The van der Waals surface area contributed by atoms with E-state index in [9.17, 15) is 0 Å². The zero-order valence-corrected chi connectivity index (χ0v) is 9.56. The fourth-order valence-electron chi connectivity index (χ4n) is 1.71. The topological polar surface area (TPSA) is 35.8 Å². The van der Waals surface area contributed by atoms with E-state index in [0.29, 0.717) is 0 Å². The summed E-state index contributed by atoms with van der Waals surface area (Å²) in [5, 5.41) is 10.7. The van der Waals surface area contributed by atoms with Gasteiger partial charge >= 0.3 is 0 Å². The predicted molar refractivity (Wildman–Crippen MR) is 67.3 cm³/mol. The molecular formula is C15H15N2+. The highest BCUT2D eigenvalue weighted by molar-refractivity contribution is 5.24. The number of hydrogen-bond donors (Lipinski definition) is 2. The van der Waals surface area contributed by atoms with E-state index in [-0.39, 0.29) is 6.04 Å². The normalized spacial score (nSPS) is 11.7. The molecule has 2 heteroatoms. The van der Waals surface area contributed by atoms with Gasteiger partial charge in [-0.1, -0.05) is 65.9 Å². The van der Waals surface area contributed by atoms with E-state index < -0.39 is 0 Å². The van der Waals surface area contributed by atoms with Crippen LogP contribution in [0.15, 0.2) is 60.7 Å². The minimum atomic E-state index is -0.142. The van der Waals surface area contributed by atoms with Crippen LogP contribution < -0.4 is 10.6 Å². The zero-order chi connectivity index (χ0) is 11.9. The first-order valence-corrected chi connectivity index (χ1v) is 5.64. The molecule has 0 fully saturated rings. The fourth-order valence-corrected chi connectivity index (χ4v) is 1.71. The van der Waals surface area contributed by atoms with Crippen molar-refractivity contribution in [2.45, 2.75) is 12.6 Å². The van der Waals surface area contributed by atoms with Crippen molar-refractivity contribution in [2.24, 2.45) is 0 Å². The smallest absolute Gasteiger partial charge is 0.290 e. The summed E-state index contributed by atoms with van der Waals surface area (Å²) in [4.78, 5) is 0. The molecule has 0 unspecified atom stereocenters. The van der Waals surface area contributed by atoms with Crippen molar-refractivity contribution < 1.29 is 5.26 Å². The second-order valence-electron chi connectivity index (χ2n) is 3.85. The van der Waals surface area contributed by atoms with Gasteiger partial charge < -0.3 is 0 Å². The van der Waals surface area contributed by atoms with Crippen molar-refractivity contribution in [3.8, 4) is 6.07 Å². The summed E-state index contributed by atoms with van der Waals surface area (Å²) in [5.74, 6) is 0. The molecule has 0 heterocycles. The highest BCUT2D eigenvalue weighted by atomic mass is 14.9. The quantitative estimate of drug-likeness (QED) is 0.805. The number of hydrogen-bond acceptors (Lipinski definition) is 1. The number of nitrogens with one attached hydrogen (secondary N) is 2. The van der Waals surface area contributed by atoms with E-state index in [4.69, 9.17) is 5.26 Å². The molecule has 2 aromatic rings. The zero-order valence-electron chi connectivity index (χ0n) is 9.56. The van der Waals surface area contributed by atoms with Gasteiger partial charge in [0.15, 0.2) is 6.04 Å². The molecule has 2 rings (SSSR count). The predicted octanol–water partition coefficient (Wildman–Crippen LogP) is 1.29. The van der Waals surface area contributed by atoms with E-state index in [1.54, 1.807) is 0 Å². The van der Waals surface area contributed by atoms with Crippen molar-refractivity contribution >= 4 is 0 Å². The van der Waals surface area contributed by atoms with E-state index in [1.165, 1.54) is 5.56 Å². The third kappa shape index (κ3) is 3.17. The Balaban J connectivity index is 2.01. The van der Waals surface area contributed by atoms with Crippen LogP contribution in [0.25, 0.3) is 0 Å². The lowest BCUT2D eigenvalue weighted by molar-refractivity contribution is -0.0969.